The smallest absolute Gasteiger partial charge is 0.408 e. The minimum Gasteiger partial charge on any atom is -0.496 e. The summed E-state index contributed by atoms with van der Waals surface area (Å²) in [6.45, 7) is 5.52. The number of hydrogen-bond donors (Lipinski definition) is 3. The number of nitrogens with zero attached hydrogens (tertiary/aromatic N) is 2. The Kier molecular flexibility index (Phi) is 7.20. The largest absolute Gasteiger partial charge is 0.496 e. The van der Waals surface area contributed by atoms with Crippen LogP contribution < -0.4 is 15.4 Å². The van der Waals surface area contributed by atoms with Gasteiger partial charge in [0.25, 0.3) is 0 Å². The number of amides is 3. The van der Waals surface area contributed by atoms with Gasteiger partial charge in [-0.05, 0) is 50.6 Å². The molecule has 1 heterocycles. The molecule has 3 aromatic rings. The van der Waals surface area contributed by atoms with Gasteiger partial charge in [-0.3, -0.25) is 14.5 Å². The van der Waals surface area contributed by atoms with Gasteiger partial charge in [-0.1, -0.05) is 12.1 Å². The molecule has 0 bridgehead atoms. The Morgan fingerprint density at radius 1 is 1.06 bits per heavy atom. The molecule has 10 nitrogen and oxygen atoms in total. The number of aromatic nitrogens is 1. The van der Waals surface area contributed by atoms with Crippen LogP contribution in [0.5, 0.6) is 5.75 Å². The Hall–Kier alpha value is -4.34. The lowest BCUT2D eigenvalue weighted by atomic mass is 10.1. The van der Waals surface area contributed by atoms with Gasteiger partial charge in [0.1, 0.15) is 5.75 Å². The Balaban J connectivity index is 1.68. The first-order valence-electron chi connectivity index (χ1n) is 10.4. The van der Waals surface area contributed by atoms with E-state index < -0.39 is 23.4 Å². The molecular formula is C24H26N4O6. The van der Waals surface area contributed by atoms with Crippen LogP contribution >= 0.6 is 0 Å². The number of carbonyl (C=O) groups excluding carboxylic acids is 2. The number of ether oxygens (including phenoxy) is 1. The SMILES string of the molecule is COc1cc(NC(=O)C(=O)Nc2cccc(CN(C(=O)O)C(C)(C)C)c2)ccc1-c1cnco1. The Bertz CT molecular complexity index is 1180. The van der Waals surface area contributed by atoms with Gasteiger partial charge in [-0.2, -0.15) is 0 Å². The van der Waals surface area contributed by atoms with Crippen LogP contribution in [0.2, 0.25) is 0 Å². The quantitative estimate of drug-likeness (QED) is 0.463. The number of carboxylic acid groups (broad SMARTS) is 1. The summed E-state index contributed by atoms with van der Waals surface area (Å²) in [5.41, 5.74) is 1.44. The normalized spacial score (nSPS) is 10.9. The van der Waals surface area contributed by atoms with E-state index >= 15 is 0 Å². The van der Waals surface area contributed by atoms with Crippen molar-refractivity contribution in [1.82, 2.24) is 9.88 Å². The maximum atomic E-state index is 12.4. The van der Waals surface area contributed by atoms with Gasteiger partial charge in [0.2, 0.25) is 0 Å². The van der Waals surface area contributed by atoms with E-state index in [-0.39, 0.29) is 6.54 Å². The van der Waals surface area contributed by atoms with Gasteiger partial charge in [0.15, 0.2) is 12.2 Å². The average molecular weight is 466 g/mol. The molecule has 34 heavy (non-hydrogen) atoms. The molecular weight excluding hydrogens is 440 g/mol. The fourth-order valence-corrected chi connectivity index (χ4v) is 3.22. The summed E-state index contributed by atoms with van der Waals surface area (Å²) >= 11 is 0. The minimum atomic E-state index is -1.05. The Labute approximate surface area is 196 Å². The lowest BCUT2D eigenvalue weighted by Crippen LogP contribution is -2.44. The lowest BCUT2D eigenvalue weighted by molar-refractivity contribution is -0.132. The second kappa shape index (κ2) is 10.1. The summed E-state index contributed by atoms with van der Waals surface area (Å²) in [5, 5.41) is 14.6. The van der Waals surface area contributed by atoms with Crippen molar-refractivity contribution in [2.45, 2.75) is 32.9 Å². The molecule has 0 aliphatic rings. The third-order valence-corrected chi connectivity index (χ3v) is 4.93. The molecule has 3 amide bonds. The summed E-state index contributed by atoms with van der Waals surface area (Å²) in [7, 11) is 1.48. The molecule has 3 rings (SSSR count). The van der Waals surface area contributed by atoms with Crippen molar-refractivity contribution in [3.63, 3.8) is 0 Å². The number of benzene rings is 2. The summed E-state index contributed by atoms with van der Waals surface area (Å²) in [6.07, 6.45) is 1.78. The van der Waals surface area contributed by atoms with Crippen molar-refractivity contribution in [1.29, 1.82) is 0 Å². The molecule has 0 atom stereocenters. The molecule has 0 unspecified atom stereocenters. The van der Waals surface area contributed by atoms with E-state index in [0.29, 0.717) is 34.0 Å². The van der Waals surface area contributed by atoms with E-state index in [0.717, 1.165) is 0 Å². The molecule has 3 N–H and O–H groups in total. The highest BCUT2D eigenvalue weighted by molar-refractivity contribution is 6.43. The number of hydrogen-bond acceptors (Lipinski definition) is 6. The number of carbonyl (C=O) groups is 3. The molecule has 0 saturated carbocycles. The van der Waals surface area contributed by atoms with E-state index in [9.17, 15) is 19.5 Å². The van der Waals surface area contributed by atoms with Crippen molar-refractivity contribution >= 4 is 29.3 Å². The molecule has 0 spiro atoms. The van der Waals surface area contributed by atoms with Crippen molar-refractivity contribution in [2.75, 3.05) is 17.7 Å². The van der Waals surface area contributed by atoms with Gasteiger partial charge in [-0.25, -0.2) is 9.78 Å². The maximum Gasteiger partial charge on any atom is 0.408 e. The van der Waals surface area contributed by atoms with Crippen LogP contribution in [-0.4, -0.2) is 45.5 Å². The zero-order valence-electron chi connectivity index (χ0n) is 19.3. The van der Waals surface area contributed by atoms with Gasteiger partial charge in [0.05, 0.1) is 18.9 Å². The van der Waals surface area contributed by atoms with Gasteiger partial charge < -0.3 is 24.9 Å². The second-order valence-corrected chi connectivity index (χ2v) is 8.43. The molecule has 10 heteroatoms. The van der Waals surface area contributed by atoms with E-state index in [1.807, 2.05) is 0 Å². The maximum absolute atomic E-state index is 12.4. The molecule has 2 aromatic carbocycles. The van der Waals surface area contributed by atoms with Crippen LogP contribution in [0.3, 0.4) is 0 Å². The number of nitrogens with one attached hydrogen (secondary N) is 2. The van der Waals surface area contributed by atoms with Crippen molar-refractivity contribution < 1.29 is 28.6 Å². The third kappa shape index (κ3) is 5.91. The highest BCUT2D eigenvalue weighted by atomic mass is 16.5. The standard InChI is InChI=1S/C24H26N4O6/c1-24(2,3)28(23(31)32)13-15-6-5-7-16(10-15)26-21(29)22(30)27-17-8-9-18(19(11-17)33-4)20-12-25-14-34-20/h5-12,14H,13H2,1-4H3,(H,26,29)(H,27,30)(H,31,32). The Morgan fingerprint density at radius 2 is 1.74 bits per heavy atom. The highest BCUT2D eigenvalue weighted by Crippen LogP contribution is 2.32. The zero-order chi connectivity index (χ0) is 24.9. The fraction of sp³-hybridized carbons (Fsp3) is 0.250. The topological polar surface area (TPSA) is 134 Å². The molecule has 0 radical (unpaired) electrons. The first-order valence-corrected chi connectivity index (χ1v) is 10.4. The van der Waals surface area contributed by atoms with Gasteiger partial charge in [0, 0.05) is 29.5 Å². The van der Waals surface area contributed by atoms with Crippen LogP contribution in [0.4, 0.5) is 16.2 Å². The highest BCUT2D eigenvalue weighted by Gasteiger charge is 2.26. The summed E-state index contributed by atoms with van der Waals surface area (Å²) in [6, 6.07) is 11.5. The molecule has 0 aliphatic carbocycles. The predicted molar refractivity (Wildman–Crippen MR) is 126 cm³/mol. The minimum absolute atomic E-state index is 0.131. The lowest BCUT2D eigenvalue weighted by Gasteiger charge is -2.33. The second-order valence-electron chi connectivity index (χ2n) is 8.43. The van der Waals surface area contributed by atoms with Crippen molar-refractivity contribution in [2.24, 2.45) is 0 Å². The molecule has 0 aliphatic heterocycles. The average Bonchev–Trinajstić information content (AvgIpc) is 3.31. The molecule has 1 aromatic heterocycles. The summed E-state index contributed by atoms with van der Waals surface area (Å²) in [5.74, 6) is -0.812. The molecule has 0 saturated heterocycles. The van der Waals surface area contributed by atoms with Crippen LogP contribution in [-0.2, 0) is 16.1 Å². The van der Waals surface area contributed by atoms with Crippen LogP contribution in [0, 0.1) is 0 Å². The summed E-state index contributed by atoms with van der Waals surface area (Å²) in [4.78, 5) is 41.6. The van der Waals surface area contributed by atoms with Crippen LogP contribution in [0.1, 0.15) is 26.3 Å². The first-order chi connectivity index (χ1) is 16.1. The molecule has 0 fully saturated rings. The van der Waals surface area contributed by atoms with Gasteiger partial charge >= 0.3 is 17.9 Å². The monoisotopic (exact) mass is 466 g/mol. The van der Waals surface area contributed by atoms with Crippen molar-refractivity contribution in [3.05, 3.63) is 60.6 Å². The predicted octanol–water partition coefficient (Wildman–Crippen LogP) is 4.21. The van der Waals surface area contributed by atoms with Gasteiger partial charge in [-0.15, -0.1) is 0 Å². The fourth-order valence-electron chi connectivity index (χ4n) is 3.22. The van der Waals surface area contributed by atoms with E-state index in [2.05, 4.69) is 15.6 Å². The Morgan fingerprint density at radius 3 is 2.29 bits per heavy atom. The van der Waals surface area contributed by atoms with E-state index in [4.69, 9.17) is 9.15 Å². The number of rotatable bonds is 6. The molecule has 178 valence electrons. The van der Waals surface area contributed by atoms with E-state index in [1.165, 1.54) is 24.6 Å². The van der Waals surface area contributed by atoms with Crippen molar-refractivity contribution in [3.8, 4) is 17.1 Å². The number of methoxy groups -OCH3 is 1. The summed E-state index contributed by atoms with van der Waals surface area (Å²) < 4.78 is 10.6. The first kappa shape index (κ1) is 24.3. The zero-order valence-corrected chi connectivity index (χ0v) is 19.3. The van der Waals surface area contributed by atoms with Crippen LogP contribution in [0.15, 0.2) is 59.5 Å². The number of anilines is 2. The number of oxazole rings is 1. The van der Waals surface area contributed by atoms with Crippen LogP contribution in [0.25, 0.3) is 11.3 Å². The third-order valence-electron chi connectivity index (χ3n) is 4.93. The van der Waals surface area contributed by atoms with E-state index in [1.54, 1.807) is 63.2 Å².